The van der Waals surface area contributed by atoms with Gasteiger partial charge in [-0.05, 0) is 37.1 Å². The van der Waals surface area contributed by atoms with E-state index in [1.165, 1.54) is 12.1 Å². The molecule has 0 unspecified atom stereocenters. The van der Waals surface area contributed by atoms with Crippen LogP contribution >= 0.6 is 0 Å². The summed E-state index contributed by atoms with van der Waals surface area (Å²) >= 11 is 0. The first-order chi connectivity index (χ1) is 10.5. The molecule has 0 bridgehead atoms. The van der Waals surface area contributed by atoms with Crippen molar-refractivity contribution in [3.63, 3.8) is 0 Å². The molecule has 6 nitrogen and oxygen atoms in total. The van der Waals surface area contributed by atoms with E-state index in [2.05, 4.69) is 9.97 Å². The molecule has 2 N–H and O–H groups in total. The predicted molar refractivity (Wildman–Crippen MR) is 81.1 cm³/mol. The maximum absolute atomic E-state index is 10.4. The molecule has 0 amide bonds. The number of hydrogen-bond acceptors (Lipinski definition) is 4. The molecule has 2 aromatic heterocycles. The van der Waals surface area contributed by atoms with Gasteiger partial charge in [-0.3, -0.25) is 0 Å². The zero-order valence-corrected chi connectivity index (χ0v) is 16.2. The smallest absolute Gasteiger partial charge is 0.354 e. The van der Waals surface area contributed by atoms with Crippen LogP contribution in [0.3, 0.4) is 0 Å². The van der Waals surface area contributed by atoms with Crippen LogP contribution in [0, 0.1) is 0 Å². The van der Waals surface area contributed by atoms with Gasteiger partial charge in [0, 0.05) is 30.9 Å². The Hall–Kier alpha value is -2.14. The quantitative estimate of drug-likeness (QED) is 0.806. The summed E-state index contributed by atoms with van der Waals surface area (Å²) in [5.41, 5.74) is 1.85. The maximum atomic E-state index is 10.4. The van der Waals surface area contributed by atoms with Crippen molar-refractivity contribution in [3.8, 4) is 0 Å². The number of rotatable bonds is 4. The average molecular weight is 368 g/mol. The summed E-state index contributed by atoms with van der Waals surface area (Å²) in [6.07, 6.45) is 1.53. The van der Waals surface area contributed by atoms with Crippen LogP contribution in [0.2, 0.25) is 0 Å². The van der Waals surface area contributed by atoms with Gasteiger partial charge in [-0.2, -0.15) is 0 Å². The Bertz CT molecular complexity index is 605. The van der Waals surface area contributed by atoms with Gasteiger partial charge in [0.05, 0.1) is 0 Å². The molecule has 2 heterocycles. The van der Waals surface area contributed by atoms with E-state index in [-0.39, 0.29) is 30.9 Å². The van der Waals surface area contributed by atoms with E-state index in [1.54, 1.807) is 12.1 Å². The van der Waals surface area contributed by atoms with Gasteiger partial charge in [-0.1, -0.05) is 26.0 Å². The summed E-state index contributed by atoms with van der Waals surface area (Å²) in [4.78, 5) is 28.6. The number of carboxylic acid groups (broad SMARTS) is 2. The molecular weight excluding hydrogens is 350 g/mol. The van der Waals surface area contributed by atoms with E-state index in [1.807, 2.05) is 26.0 Å². The van der Waals surface area contributed by atoms with Crippen molar-refractivity contribution in [2.24, 2.45) is 0 Å². The number of nitrogens with zero attached hydrogens (tertiary/aromatic N) is 2. The van der Waals surface area contributed by atoms with Crippen molar-refractivity contribution < 1.29 is 39.3 Å². The fourth-order valence-electron chi connectivity index (χ4n) is 1.59. The van der Waals surface area contributed by atoms with Gasteiger partial charge in [-0.15, -0.1) is 0 Å². The fourth-order valence-corrected chi connectivity index (χ4v) is 1.59. The molecule has 0 aromatic carbocycles. The van der Waals surface area contributed by atoms with Crippen LogP contribution in [-0.4, -0.2) is 32.1 Å². The molecular formula is C16H18N2O4Zn. The Morgan fingerprint density at radius 1 is 0.826 bits per heavy atom. The van der Waals surface area contributed by atoms with Gasteiger partial charge in [0.15, 0.2) is 0 Å². The van der Waals surface area contributed by atoms with Gasteiger partial charge in [0.25, 0.3) is 0 Å². The molecule has 0 radical (unpaired) electrons. The second-order valence-electron chi connectivity index (χ2n) is 4.35. The van der Waals surface area contributed by atoms with E-state index in [0.717, 1.165) is 24.2 Å². The molecule has 0 aliphatic rings. The summed E-state index contributed by atoms with van der Waals surface area (Å²) < 4.78 is 0. The minimum absolute atomic E-state index is 0. The second kappa shape index (κ2) is 10.6. The largest absolute Gasteiger partial charge is 0.477 e. The molecule has 7 heteroatoms. The molecule has 0 aliphatic carbocycles. The summed E-state index contributed by atoms with van der Waals surface area (Å²) in [6, 6.07) is 10.0. The molecule has 0 aliphatic heterocycles. The second-order valence-corrected chi connectivity index (χ2v) is 4.35. The van der Waals surface area contributed by atoms with Crippen LogP contribution in [0.4, 0.5) is 0 Å². The summed E-state index contributed by atoms with van der Waals surface area (Å²) in [6.45, 7) is 3.88. The molecule has 2 aromatic rings. The number of aromatic carboxylic acids is 2. The van der Waals surface area contributed by atoms with Crippen molar-refractivity contribution in [1.29, 1.82) is 0 Å². The SMILES string of the molecule is CCc1cccc(C(=O)O)n1.CCc1cccc(C(=O)O)n1.[Zn]. The van der Waals surface area contributed by atoms with Crippen LogP contribution in [-0.2, 0) is 32.3 Å². The molecule has 118 valence electrons. The molecule has 0 saturated carbocycles. The molecule has 0 atom stereocenters. The first kappa shape index (κ1) is 20.9. The molecule has 0 spiro atoms. The molecule has 2 rings (SSSR count). The summed E-state index contributed by atoms with van der Waals surface area (Å²) in [5.74, 6) is -1.94. The van der Waals surface area contributed by atoms with Gasteiger partial charge in [0.2, 0.25) is 0 Å². The number of carboxylic acids is 2. The third kappa shape index (κ3) is 7.11. The first-order valence-electron chi connectivity index (χ1n) is 6.86. The van der Waals surface area contributed by atoms with Gasteiger partial charge in [-0.25, -0.2) is 19.6 Å². The third-order valence-corrected chi connectivity index (χ3v) is 2.78. The van der Waals surface area contributed by atoms with Crippen LogP contribution in [0.25, 0.3) is 0 Å². The van der Waals surface area contributed by atoms with E-state index >= 15 is 0 Å². The molecule has 23 heavy (non-hydrogen) atoms. The maximum Gasteiger partial charge on any atom is 0.354 e. The summed E-state index contributed by atoms with van der Waals surface area (Å²) in [7, 11) is 0. The Kier molecular flexibility index (Phi) is 9.58. The van der Waals surface area contributed by atoms with Crippen molar-refractivity contribution in [2.45, 2.75) is 26.7 Å². The zero-order valence-electron chi connectivity index (χ0n) is 13.2. The fraction of sp³-hybridized carbons (Fsp3) is 0.250. The van der Waals surface area contributed by atoms with Crippen molar-refractivity contribution in [2.75, 3.05) is 0 Å². The molecule has 0 fully saturated rings. The van der Waals surface area contributed by atoms with E-state index in [0.29, 0.717) is 0 Å². The van der Waals surface area contributed by atoms with Crippen LogP contribution < -0.4 is 0 Å². The number of pyridine rings is 2. The predicted octanol–water partition coefficient (Wildman–Crippen LogP) is 2.68. The van der Waals surface area contributed by atoms with Crippen LogP contribution in [0.5, 0.6) is 0 Å². The van der Waals surface area contributed by atoms with Gasteiger partial charge in [0.1, 0.15) is 11.4 Å². The number of aryl methyl sites for hydroxylation is 2. The van der Waals surface area contributed by atoms with Gasteiger partial charge >= 0.3 is 11.9 Å². The minimum atomic E-state index is -0.972. The van der Waals surface area contributed by atoms with Crippen LogP contribution in [0.15, 0.2) is 36.4 Å². The van der Waals surface area contributed by atoms with E-state index in [4.69, 9.17) is 10.2 Å². The monoisotopic (exact) mass is 366 g/mol. The Labute approximate surface area is 147 Å². The standard InChI is InChI=1S/2C8H9NO2.Zn/c2*1-2-6-4-3-5-7(9-6)8(10)11;/h2*3-5H,2H2,1H3,(H,10,11);. The minimum Gasteiger partial charge on any atom is -0.477 e. The summed E-state index contributed by atoms with van der Waals surface area (Å²) in [5, 5.41) is 17.1. The third-order valence-electron chi connectivity index (χ3n) is 2.78. The molecule has 0 saturated heterocycles. The normalized spacial score (nSPS) is 9.13. The van der Waals surface area contributed by atoms with Crippen molar-refractivity contribution >= 4 is 11.9 Å². The topological polar surface area (TPSA) is 100 Å². The Balaban J connectivity index is 0.000000403. The first-order valence-corrected chi connectivity index (χ1v) is 6.86. The number of carbonyl (C=O) groups is 2. The van der Waals surface area contributed by atoms with E-state index in [9.17, 15) is 9.59 Å². The van der Waals surface area contributed by atoms with Crippen molar-refractivity contribution in [1.82, 2.24) is 9.97 Å². The Morgan fingerprint density at radius 3 is 1.43 bits per heavy atom. The van der Waals surface area contributed by atoms with Crippen molar-refractivity contribution in [3.05, 3.63) is 59.2 Å². The van der Waals surface area contributed by atoms with Gasteiger partial charge < -0.3 is 10.2 Å². The van der Waals surface area contributed by atoms with Crippen LogP contribution in [0.1, 0.15) is 46.2 Å². The number of hydrogen-bond donors (Lipinski definition) is 2. The average Bonchev–Trinajstić information content (AvgIpc) is 2.55. The number of aromatic nitrogens is 2. The van der Waals surface area contributed by atoms with E-state index < -0.39 is 11.9 Å². The Morgan fingerprint density at radius 2 is 1.17 bits per heavy atom. The zero-order chi connectivity index (χ0) is 16.5.